The van der Waals surface area contributed by atoms with Gasteiger partial charge in [0.15, 0.2) is 11.6 Å². The smallest absolute Gasteiger partial charge is 0.243 e. The van der Waals surface area contributed by atoms with E-state index in [1.54, 1.807) is 0 Å². The van der Waals surface area contributed by atoms with E-state index in [-0.39, 0.29) is 17.2 Å². The fourth-order valence-corrected chi connectivity index (χ4v) is 4.42. The summed E-state index contributed by atoms with van der Waals surface area (Å²) in [7, 11) is -2.41. The van der Waals surface area contributed by atoms with Gasteiger partial charge in [-0.05, 0) is 37.1 Å². The molecule has 0 saturated heterocycles. The van der Waals surface area contributed by atoms with Crippen LogP contribution in [0.25, 0.3) is 0 Å². The van der Waals surface area contributed by atoms with Gasteiger partial charge in [0.05, 0.1) is 36.5 Å². The highest BCUT2D eigenvalue weighted by molar-refractivity contribution is 7.89. The first-order valence-corrected chi connectivity index (χ1v) is 9.33. The molecule has 0 radical (unpaired) electrons. The Morgan fingerprint density at radius 1 is 1.25 bits per heavy atom. The average Bonchev–Trinajstić information content (AvgIpc) is 3.33. The van der Waals surface area contributed by atoms with Gasteiger partial charge in [-0.2, -0.15) is 9.40 Å². The van der Waals surface area contributed by atoms with Gasteiger partial charge in [-0.3, -0.25) is 4.68 Å². The molecule has 0 spiro atoms. The average molecular weight is 351 g/mol. The quantitative estimate of drug-likeness (QED) is 0.846. The molecule has 0 N–H and O–H groups in total. The highest BCUT2D eigenvalue weighted by Gasteiger charge is 2.32. The number of rotatable bonds is 4. The van der Waals surface area contributed by atoms with E-state index in [1.807, 2.05) is 10.7 Å². The zero-order chi connectivity index (χ0) is 16.9. The molecule has 1 aliphatic heterocycles. The summed E-state index contributed by atoms with van der Waals surface area (Å²) in [6.45, 7) is 1.10. The summed E-state index contributed by atoms with van der Waals surface area (Å²) >= 11 is 0. The maximum Gasteiger partial charge on any atom is 0.243 e. The van der Waals surface area contributed by atoms with Crippen LogP contribution in [0.3, 0.4) is 0 Å². The van der Waals surface area contributed by atoms with Gasteiger partial charge in [-0.1, -0.05) is 0 Å². The van der Waals surface area contributed by atoms with E-state index < -0.39 is 15.8 Å². The van der Waals surface area contributed by atoms with Crippen LogP contribution in [0.2, 0.25) is 0 Å². The fourth-order valence-electron chi connectivity index (χ4n) is 3.00. The van der Waals surface area contributed by atoms with E-state index in [4.69, 9.17) is 4.74 Å². The molecule has 4 rings (SSSR count). The number of sulfonamides is 1. The molecule has 2 aromatic rings. The SMILES string of the molecule is COc1ccc(S(=O)(=O)N2CCn3nc(C4CC4)cc3C2)cc1F. The van der Waals surface area contributed by atoms with Crippen molar-refractivity contribution in [2.75, 3.05) is 13.7 Å². The van der Waals surface area contributed by atoms with Crippen LogP contribution in [-0.2, 0) is 23.1 Å². The van der Waals surface area contributed by atoms with E-state index in [0.29, 0.717) is 19.0 Å². The third kappa shape index (κ3) is 2.59. The van der Waals surface area contributed by atoms with Crippen LogP contribution in [0.5, 0.6) is 5.75 Å². The number of nitrogens with zero attached hydrogens (tertiary/aromatic N) is 3. The van der Waals surface area contributed by atoms with E-state index in [2.05, 4.69) is 5.10 Å². The number of methoxy groups -OCH3 is 1. The largest absolute Gasteiger partial charge is 0.494 e. The summed E-state index contributed by atoms with van der Waals surface area (Å²) in [5.41, 5.74) is 1.94. The third-order valence-electron chi connectivity index (χ3n) is 4.54. The number of benzene rings is 1. The Kier molecular flexibility index (Phi) is 3.61. The Morgan fingerprint density at radius 3 is 2.71 bits per heavy atom. The van der Waals surface area contributed by atoms with E-state index in [0.717, 1.165) is 30.3 Å². The number of ether oxygens (including phenoxy) is 1. The number of hydrogen-bond donors (Lipinski definition) is 0. The summed E-state index contributed by atoms with van der Waals surface area (Å²) in [4.78, 5) is -0.0591. The van der Waals surface area contributed by atoms with Gasteiger partial charge >= 0.3 is 0 Å². The summed E-state index contributed by atoms with van der Waals surface area (Å²) in [5, 5.41) is 4.56. The van der Waals surface area contributed by atoms with Gasteiger partial charge in [0, 0.05) is 12.5 Å². The molecular formula is C16H18FN3O3S. The van der Waals surface area contributed by atoms with Gasteiger partial charge in [0.1, 0.15) is 0 Å². The lowest BCUT2D eigenvalue weighted by Crippen LogP contribution is -2.38. The number of halogens is 1. The molecule has 6 nitrogen and oxygen atoms in total. The molecule has 8 heteroatoms. The lowest BCUT2D eigenvalue weighted by atomic mass is 10.2. The van der Waals surface area contributed by atoms with Crippen molar-refractivity contribution in [1.82, 2.24) is 14.1 Å². The lowest BCUT2D eigenvalue weighted by Gasteiger charge is -2.27. The minimum Gasteiger partial charge on any atom is -0.494 e. The summed E-state index contributed by atoms with van der Waals surface area (Å²) in [6, 6.07) is 5.71. The van der Waals surface area contributed by atoms with Gasteiger partial charge in [0.25, 0.3) is 0 Å². The number of fused-ring (bicyclic) bond motifs is 1. The standard InChI is InChI=1S/C16H18FN3O3S/c1-23-16-5-4-13(9-14(16)17)24(21,22)19-6-7-20-12(10-19)8-15(18-20)11-2-3-11/h4-5,8-9,11H,2-3,6-7,10H2,1H3. The van der Waals surface area contributed by atoms with Crippen molar-refractivity contribution in [2.45, 2.75) is 36.7 Å². The zero-order valence-corrected chi connectivity index (χ0v) is 14.1. The Bertz CT molecular complexity index is 890. The molecule has 0 atom stereocenters. The Hall–Kier alpha value is -1.93. The van der Waals surface area contributed by atoms with Crippen LogP contribution in [0.1, 0.15) is 30.1 Å². The first-order valence-electron chi connectivity index (χ1n) is 7.89. The van der Waals surface area contributed by atoms with Crippen molar-refractivity contribution >= 4 is 10.0 Å². The molecule has 2 heterocycles. The van der Waals surface area contributed by atoms with Crippen LogP contribution >= 0.6 is 0 Å². The molecule has 1 aromatic carbocycles. The minimum absolute atomic E-state index is 0.0275. The second kappa shape index (κ2) is 5.56. The van der Waals surface area contributed by atoms with Crippen LogP contribution in [-0.4, -0.2) is 36.2 Å². The number of hydrogen-bond acceptors (Lipinski definition) is 4. The van der Waals surface area contributed by atoms with Crippen molar-refractivity contribution in [2.24, 2.45) is 0 Å². The monoisotopic (exact) mass is 351 g/mol. The highest BCUT2D eigenvalue weighted by Crippen LogP contribution is 2.40. The fraction of sp³-hybridized carbons (Fsp3) is 0.438. The van der Waals surface area contributed by atoms with Gasteiger partial charge in [-0.15, -0.1) is 0 Å². The van der Waals surface area contributed by atoms with Gasteiger partial charge < -0.3 is 4.74 Å². The molecule has 1 fully saturated rings. The Labute approximate surface area is 139 Å². The van der Waals surface area contributed by atoms with E-state index in [9.17, 15) is 12.8 Å². The first kappa shape index (κ1) is 15.6. The van der Waals surface area contributed by atoms with Crippen LogP contribution < -0.4 is 4.74 Å². The van der Waals surface area contributed by atoms with Crippen molar-refractivity contribution in [3.05, 3.63) is 41.5 Å². The molecule has 2 aliphatic rings. The molecule has 1 aliphatic carbocycles. The minimum atomic E-state index is -3.75. The maximum absolute atomic E-state index is 13.9. The molecule has 128 valence electrons. The molecule has 24 heavy (non-hydrogen) atoms. The normalized spacial score (nSPS) is 18.4. The summed E-state index contributed by atoms with van der Waals surface area (Å²) in [5.74, 6) is -0.125. The predicted octanol–water partition coefficient (Wildman–Crippen LogP) is 2.11. The molecule has 1 aromatic heterocycles. The number of aromatic nitrogens is 2. The topological polar surface area (TPSA) is 64.4 Å². The summed E-state index contributed by atoms with van der Waals surface area (Å²) < 4.78 is 47.5. The van der Waals surface area contributed by atoms with Crippen molar-refractivity contribution in [1.29, 1.82) is 0 Å². The second-order valence-electron chi connectivity index (χ2n) is 6.19. The van der Waals surface area contributed by atoms with Gasteiger partial charge in [-0.25, -0.2) is 12.8 Å². The van der Waals surface area contributed by atoms with Gasteiger partial charge in [0.2, 0.25) is 10.0 Å². The molecule has 0 amide bonds. The zero-order valence-electron chi connectivity index (χ0n) is 13.3. The van der Waals surface area contributed by atoms with Crippen molar-refractivity contribution in [3.63, 3.8) is 0 Å². The van der Waals surface area contributed by atoms with E-state index >= 15 is 0 Å². The second-order valence-corrected chi connectivity index (χ2v) is 8.13. The van der Waals surface area contributed by atoms with Crippen molar-refractivity contribution < 1.29 is 17.5 Å². The van der Waals surface area contributed by atoms with Crippen LogP contribution in [0.15, 0.2) is 29.2 Å². The van der Waals surface area contributed by atoms with Crippen LogP contribution in [0.4, 0.5) is 4.39 Å². The van der Waals surface area contributed by atoms with Crippen molar-refractivity contribution in [3.8, 4) is 5.75 Å². The Balaban J connectivity index is 1.61. The van der Waals surface area contributed by atoms with E-state index in [1.165, 1.54) is 23.5 Å². The molecule has 0 unspecified atom stereocenters. The third-order valence-corrected chi connectivity index (χ3v) is 6.38. The molecular weight excluding hydrogens is 333 g/mol. The molecule has 0 bridgehead atoms. The Morgan fingerprint density at radius 2 is 2.04 bits per heavy atom. The highest BCUT2D eigenvalue weighted by atomic mass is 32.2. The molecule has 1 saturated carbocycles. The first-order chi connectivity index (χ1) is 11.5. The maximum atomic E-state index is 13.9. The van der Waals surface area contributed by atoms with Crippen LogP contribution in [0, 0.1) is 5.82 Å². The lowest BCUT2D eigenvalue weighted by molar-refractivity contribution is 0.326. The summed E-state index contributed by atoms with van der Waals surface area (Å²) in [6.07, 6.45) is 2.31. The predicted molar refractivity (Wildman–Crippen MR) is 84.7 cm³/mol.